The highest BCUT2D eigenvalue weighted by Gasteiger charge is 2.26. The largest absolute Gasteiger partial charge is 0.484 e. The van der Waals surface area contributed by atoms with Crippen molar-refractivity contribution < 1.29 is 14.3 Å². The molecule has 0 saturated heterocycles. The Hall–Kier alpha value is -2.53. The minimum Gasteiger partial charge on any atom is -0.484 e. The number of benzene rings is 2. The Bertz CT molecular complexity index is 823. The molecule has 162 valence electrons. The lowest BCUT2D eigenvalue weighted by atomic mass is 10.1. The summed E-state index contributed by atoms with van der Waals surface area (Å²) >= 11 is 6.29. The first kappa shape index (κ1) is 23.7. The third-order valence-corrected chi connectivity index (χ3v) is 5.36. The van der Waals surface area contributed by atoms with Crippen LogP contribution in [0.4, 0.5) is 0 Å². The maximum absolute atomic E-state index is 13.0. The van der Waals surface area contributed by atoms with Crippen molar-refractivity contribution in [1.82, 2.24) is 10.2 Å². The Balaban J connectivity index is 2.10. The number of rotatable bonds is 11. The van der Waals surface area contributed by atoms with E-state index in [2.05, 4.69) is 19.2 Å². The highest BCUT2D eigenvalue weighted by molar-refractivity contribution is 6.31. The standard InChI is InChI=1S/C24H31ClN2O3/c1-4-6-15-26-24(29)18(3)27(16-20-9-7-8-10-22(20)25)23(28)17-30-21-13-11-19(5-2)12-14-21/h7-14,18H,4-6,15-17H2,1-3H3,(H,26,29)/t18-/m0/s1. The van der Waals surface area contributed by atoms with Gasteiger partial charge in [0.05, 0.1) is 0 Å². The monoisotopic (exact) mass is 430 g/mol. The molecular formula is C24H31ClN2O3. The van der Waals surface area contributed by atoms with Gasteiger partial charge in [-0.05, 0) is 49.1 Å². The average Bonchev–Trinajstić information content (AvgIpc) is 2.77. The quantitative estimate of drug-likeness (QED) is 0.529. The molecule has 0 aliphatic rings. The summed E-state index contributed by atoms with van der Waals surface area (Å²) in [5.41, 5.74) is 1.99. The summed E-state index contributed by atoms with van der Waals surface area (Å²) in [5.74, 6) is 0.169. The van der Waals surface area contributed by atoms with Crippen LogP contribution in [0, 0.1) is 0 Å². The van der Waals surface area contributed by atoms with Gasteiger partial charge < -0.3 is 15.0 Å². The van der Waals surface area contributed by atoms with Crippen molar-refractivity contribution >= 4 is 23.4 Å². The summed E-state index contributed by atoms with van der Waals surface area (Å²) in [7, 11) is 0. The number of ether oxygens (including phenoxy) is 1. The lowest BCUT2D eigenvalue weighted by Crippen LogP contribution is -2.49. The van der Waals surface area contributed by atoms with Crippen molar-refractivity contribution in [3.63, 3.8) is 0 Å². The van der Waals surface area contributed by atoms with E-state index in [0.29, 0.717) is 17.3 Å². The number of nitrogens with one attached hydrogen (secondary N) is 1. The van der Waals surface area contributed by atoms with Crippen molar-refractivity contribution in [2.75, 3.05) is 13.2 Å². The van der Waals surface area contributed by atoms with Gasteiger partial charge in [-0.2, -0.15) is 0 Å². The molecule has 30 heavy (non-hydrogen) atoms. The molecule has 0 aromatic heterocycles. The van der Waals surface area contributed by atoms with Crippen molar-refractivity contribution in [2.45, 2.75) is 52.6 Å². The number of unbranched alkanes of at least 4 members (excludes halogenated alkanes) is 1. The fraction of sp³-hybridized carbons (Fsp3) is 0.417. The van der Waals surface area contributed by atoms with Gasteiger partial charge in [0.1, 0.15) is 11.8 Å². The molecule has 2 amide bonds. The molecule has 2 aromatic rings. The smallest absolute Gasteiger partial charge is 0.261 e. The minimum atomic E-state index is -0.642. The average molecular weight is 431 g/mol. The molecule has 1 N–H and O–H groups in total. The number of amides is 2. The first-order chi connectivity index (χ1) is 14.5. The third-order valence-electron chi connectivity index (χ3n) is 4.99. The second-order valence-electron chi connectivity index (χ2n) is 7.22. The van der Waals surface area contributed by atoms with E-state index in [1.54, 1.807) is 13.0 Å². The van der Waals surface area contributed by atoms with Crippen LogP contribution in [0.3, 0.4) is 0 Å². The summed E-state index contributed by atoms with van der Waals surface area (Å²) < 4.78 is 5.69. The Morgan fingerprint density at radius 3 is 2.43 bits per heavy atom. The molecule has 0 unspecified atom stereocenters. The molecule has 0 heterocycles. The lowest BCUT2D eigenvalue weighted by Gasteiger charge is -2.29. The van der Waals surface area contributed by atoms with Crippen LogP contribution in [-0.4, -0.2) is 35.9 Å². The molecule has 0 bridgehead atoms. The van der Waals surface area contributed by atoms with E-state index in [9.17, 15) is 9.59 Å². The van der Waals surface area contributed by atoms with Crippen molar-refractivity contribution in [3.05, 3.63) is 64.7 Å². The summed E-state index contributed by atoms with van der Waals surface area (Å²) in [6.07, 6.45) is 2.82. The Morgan fingerprint density at radius 2 is 1.80 bits per heavy atom. The van der Waals surface area contributed by atoms with E-state index in [-0.39, 0.29) is 25.0 Å². The van der Waals surface area contributed by atoms with Gasteiger partial charge in [-0.25, -0.2) is 0 Å². The Kier molecular flexibility index (Phi) is 9.68. The van der Waals surface area contributed by atoms with E-state index in [4.69, 9.17) is 16.3 Å². The number of hydrogen-bond donors (Lipinski definition) is 1. The molecule has 0 radical (unpaired) electrons. The topological polar surface area (TPSA) is 58.6 Å². The summed E-state index contributed by atoms with van der Waals surface area (Å²) in [6, 6.07) is 14.3. The number of hydrogen-bond acceptors (Lipinski definition) is 3. The van der Waals surface area contributed by atoms with Gasteiger partial charge in [0.15, 0.2) is 6.61 Å². The molecule has 0 saturated carbocycles. The highest BCUT2D eigenvalue weighted by Crippen LogP contribution is 2.19. The van der Waals surface area contributed by atoms with E-state index in [1.165, 1.54) is 10.5 Å². The maximum atomic E-state index is 13.0. The molecule has 0 aliphatic carbocycles. The van der Waals surface area contributed by atoms with E-state index in [1.807, 2.05) is 42.5 Å². The number of nitrogens with zero attached hydrogens (tertiary/aromatic N) is 1. The van der Waals surface area contributed by atoms with Gasteiger partial charge in [-0.15, -0.1) is 0 Å². The normalized spacial score (nSPS) is 11.6. The predicted octanol–water partition coefficient (Wildman–Crippen LogP) is 4.61. The molecule has 0 spiro atoms. The minimum absolute atomic E-state index is 0.150. The zero-order chi connectivity index (χ0) is 21.9. The predicted molar refractivity (Wildman–Crippen MR) is 121 cm³/mol. The van der Waals surface area contributed by atoms with Crippen LogP contribution >= 0.6 is 11.6 Å². The van der Waals surface area contributed by atoms with Gasteiger partial charge in [-0.1, -0.05) is 62.2 Å². The number of aryl methyl sites for hydroxylation is 1. The van der Waals surface area contributed by atoms with Crippen molar-refractivity contribution in [1.29, 1.82) is 0 Å². The fourth-order valence-electron chi connectivity index (χ4n) is 2.98. The third kappa shape index (κ3) is 7.06. The summed E-state index contributed by atoms with van der Waals surface area (Å²) in [6.45, 7) is 6.55. The summed E-state index contributed by atoms with van der Waals surface area (Å²) in [4.78, 5) is 27.1. The van der Waals surface area contributed by atoms with Gasteiger partial charge in [0.2, 0.25) is 5.91 Å². The van der Waals surface area contributed by atoms with E-state index >= 15 is 0 Å². The SMILES string of the molecule is CCCCNC(=O)[C@H](C)N(Cc1ccccc1Cl)C(=O)COc1ccc(CC)cc1. The highest BCUT2D eigenvalue weighted by atomic mass is 35.5. The molecule has 0 fully saturated rings. The van der Waals surface area contributed by atoms with Crippen LogP contribution in [0.2, 0.25) is 5.02 Å². The molecule has 6 heteroatoms. The first-order valence-electron chi connectivity index (χ1n) is 10.5. The molecule has 1 atom stereocenters. The van der Waals surface area contributed by atoms with Crippen LogP contribution in [0.15, 0.2) is 48.5 Å². The molecular weight excluding hydrogens is 400 g/mol. The van der Waals surface area contributed by atoms with Crippen molar-refractivity contribution in [3.8, 4) is 5.75 Å². The van der Waals surface area contributed by atoms with Crippen LogP contribution < -0.4 is 10.1 Å². The number of carbonyl (C=O) groups excluding carboxylic acids is 2. The number of carbonyl (C=O) groups is 2. The van der Waals surface area contributed by atoms with Crippen LogP contribution in [0.5, 0.6) is 5.75 Å². The van der Waals surface area contributed by atoms with Crippen LogP contribution in [0.1, 0.15) is 44.7 Å². The molecule has 5 nitrogen and oxygen atoms in total. The first-order valence-corrected chi connectivity index (χ1v) is 10.9. The summed E-state index contributed by atoms with van der Waals surface area (Å²) in [5, 5.41) is 3.46. The van der Waals surface area contributed by atoms with Gasteiger partial charge >= 0.3 is 0 Å². The van der Waals surface area contributed by atoms with Gasteiger partial charge in [0, 0.05) is 18.1 Å². The zero-order valence-corrected chi connectivity index (χ0v) is 18.7. The number of halogens is 1. The second kappa shape index (κ2) is 12.2. The Morgan fingerprint density at radius 1 is 1.10 bits per heavy atom. The maximum Gasteiger partial charge on any atom is 0.261 e. The van der Waals surface area contributed by atoms with Crippen LogP contribution in [0.25, 0.3) is 0 Å². The molecule has 2 rings (SSSR count). The van der Waals surface area contributed by atoms with Gasteiger partial charge in [-0.3, -0.25) is 9.59 Å². The molecule has 0 aliphatic heterocycles. The zero-order valence-electron chi connectivity index (χ0n) is 18.0. The lowest BCUT2D eigenvalue weighted by molar-refractivity contribution is -0.142. The Labute approximate surface area is 184 Å². The van der Waals surface area contributed by atoms with Gasteiger partial charge in [0.25, 0.3) is 5.91 Å². The van der Waals surface area contributed by atoms with Crippen LogP contribution in [-0.2, 0) is 22.6 Å². The van der Waals surface area contributed by atoms with E-state index < -0.39 is 6.04 Å². The molecule has 2 aromatic carbocycles. The fourth-order valence-corrected chi connectivity index (χ4v) is 3.17. The second-order valence-corrected chi connectivity index (χ2v) is 7.63. The van der Waals surface area contributed by atoms with Crippen molar-refractivity contribution in [2.24, 2.45) is 0 Å². The van der Waals surface area contributed by atoms with E-state index in [0.717, 1.165) is 24.8 Å².